The Hall–Kier alpha value is -3.15. The lowest BCUT2D eigenvalue weighted by atomic mass is 9.96. The van der Waals surface area contributed by atoms with E-state index in [0.29, 0.717) is 12.2 Å². The second-order valence-electron chi connectivity index (χ2n) is 7.88. The smallest absolute Gasteiger partial charge is 0.239 e. The highest BCUT2D eigenvalue weighted by molar-refractivity contribution is 5.87. The first kappa shape index (κ1) is 19.6. The summed E-state index contributed by atoms with van der Waals surface area (Å²) in [6.07, 6.45) is 0.597. The topological polar surface area (TPSA) is 86.9 Å². The van der Waals surface area contributed by atoms with Gasteiger partial charge in [0.1, 0.15) is 5.82 Å². The Morgan fingerprint density at radius 1 is 1.04 bits per heavy atom. The van der Waals surface area contributed by atoms with Crippen LogP contribution in [0.1, 0.15) is 38.2 Å². The highest BCUT2D eigenvalue weighted by atomic mass is 16.2. The molecule has 3 N–H and O–H groups in total. The number of H-pyrrole nitrogens is 1. The van der Waals surface area contributed by atoms with Crippen LogP contribution in [0, 0.1) is 5.41 Å². The van der Waals surface area contributed by atoms with Crippen LogP contribution in [-0.2, 0) is 16.0 Å². The normalized spacial score (nSPS) is 12.5. The number of aromatic nitrogens is 2. The van der Waals surface area contributed by atoms with E-state index in [1.54, 1.807) is 0 Å². The number of para-hydroxylation sites is 2. The molecule has 146 valence electrons. The Morgan fingerprint density at radius 2 is 1.71 bits per heavy atom. The number of fused-ring (bicyclic) bond motifs is 1. The minimum atomic E-state index is -0.539. The molecule has 1 heterocycles. The molecule has 1 atom stereocenters. The van der Waals surface area contributed by atoms with Crippen LogP contribution in [0.15, 0.2) is 54.6 Å². The fraction of sp³-hybridized carbons (Fsp3) is 0.318. The van der Waals surface area contributed by atoms with Gasteiger partial charge in [-0.15, -0.1) is 0 Å². The Bertz CT molecular complexity index is 924. The largest absolute Gasteiger partial charge is 0.347 e. The van der Waals surface area contributed by atoms with Gasteiger partial charge in [-0.2, -0.15) is 0 Å². The molecule has 0 unspecified atom stereocenters. The zero-order valence-electron chi connectivity index (χ0n) is 16.5. The van der Waals surface area contributed by atoms with Gasteiger partial charge in [0, 0.05) is 5.41 Å². The van der Waals surface area contributed by atoms with E-state index in [0.717, 1.165) is 16.6 Å². The maximum Gasteiger partial charge on any atom is 0.239 e. The van der Waals surface area contributed by atoms with Crippen molar-refractivity contribution in [3.8, 4) is 0 Å². The van der Waals surface area contributed by atoms with Crippen LogP contribution < -0.4 is 10.6 Å². The van der Waals surface area contributed by atoms with Crippen molar-refractivity contribution in [1.29, 1.82) is 0 Å². The molecule has 0 fully saturated rings. The first-order valence-corrected chi connectivity index (χ1v) is 9.39. The van der Waals surface area contributed by atoms with Crippen molar-refractivity contribution in [3.05, 3.63) is 66.0 Å². The number of benzene rings is 2. The van der Waals surface area contributed by atoms with Gasteiger partial charge in [-0.3, -0.25) is 9.59 Å². The summed E-state index contributed by atoms with van der Waals surface area (Å²) in [4.78, 5) is 32.5. The molecule has 0 saturated heterocycles. The predicted molar refractivity (Wildman–Crippen MR) is 110 cm³/mol. The third-order valence-electron chi connectivity index (χ3n) is 4.45. The third kappa shape index (κ3) is 4.97. The molecule has 1 aromatic heterocycles. The van der Waals surface area contributed by atoms with Crippen LogP contribution >= 0.6 is 0 Å². The number of imidazole rings is 1. The lowest BCUT2D eigenvalue weighted by Crippen LogP contribution is -2.43. The van der Waals surface area contributed by atoms with Gasteiger partial charge in [0.15, 0.2) is 0 Å². The summed E-state index contributed by atoms with van der Waals surface area (Å²) in [6, 6.07) is 17.4. The molecule has 0 radical (unpaired) electrons. The molecule has 0 aliphatic rings. The second-order valence-corrected chi connectivity index (χ2v) is 7.88. The van der Waals surface area contributed by atoms with Crippen LogP contribution in [0.3, 0.4) is 0 Å². The van der Waals surface area contributed by atoms with Crippen LogP contribution in [-0.4, -0.2) is 28.3 Å². The van der Waals surface area contributed by atoms with E-state index in [1.165, 1.54) is 0 Å². The fourth-order valence-electron chi connectivity index (χ4n) is 2.87. The molecule has 3 rings (SSSR count). The predicted octanol–water partition coefficient (Wildman–Crippen LogP) is 3.13. The minimum Gasteiger partial charge on any atom is -0.347 e. The summed E-state index contributed by atoms with van der Waals surface area (Å²) < 4.78 is 0. The zero-order valence-corrected chi connectivity index (χ0v) is 16.5. The highest BCUT2D eigenvalue weighted by Crippen LogP contribution is 2.20. The molecular formula is C22H26N4O2. The number of aromatic amines is 1. The van der Waals surface area contributed by atoms with Gasteiger partial charge in [-0.1, -0.05) is 63.2 Å². The quantitative estimate of drug-likeness (QED) is 0.616. The van der Waals surface area contributed by atoms with Crippen molar-refractivity contribution in [1.82, 2.24) is 20.6 Å². The van der Waals surface area contributed by atoms with E-state index >= 15 is 0 Å². The molecule has 28 heavy (non-hydrogen) atoms. The van der Waals surface area contributed by atoms with E-state index < -0.39 is 5.41 Å². The molecule has 0 bridgehead atoms. The first-order valence-electron chi connectivity index (χ1n) is 9.39. The van der Waals surface area contributed by atoms with Gasteiger partial charge < -0.3 is 15.6 Å². The number of hydrogen-bond donors (Lipinski definition) is 3. The Kier molecular flexibility index (Phi) is 5.78. The van der Waals surface area contributed by atoms with Gasteiger partial charge in [0.05, 0.1) is 23.6 Å². The van der Waals surface area contributed by atoms with Crippen molar-refractivity contribution in [2.75, 3.05) is 6.54 Å². The summed E-state index contributed by atoms with van der Waals surface area (Å²) in [6.45, 7) is 5.37. The number of carbonyl (C=O) groups excluding carboxylic acids is 2. The van der Waals surface area contributed by atoms with Crippen molar-refractivity contribution < 1.29 is 9.59 Å². The average molecular weight is 378 g/mol. The third-order valence-corrected chi connectivity index (χ3v) is 4.45. The van der Waals surface area contributed by atoms with Crippen molar-refractivity contribution in [2.45, 2.75) is 33.2 Å². The van der Waals surface area contributed by atoms with Crippen LogP contribution in [0.4, 0.5) is 0 Å². The maximum absolute atomic E-state index is 12.5. The van der Waals surface area contributed by atoms with Crippen molar-refractivity contribution >= 4 is 22.8 Å². The van der Waals surface area contributed by atoms with E-state index in [9.17, 15) is 9.59 Å². The minimum absolute atomic E-state index is 0.0678. The molecule has 0 saturated carbocycles. The highest BCUT2D eigenvalue weighted by Gasteiger charge is 2.23. The second kappa shape index (κ2) is 8.25. The Morgan fingerprint density at radius 3 is 2.39 bits per heavy atom. The van der Waals surface area contributed by atoms with Gasteiger partial charge >= 0.3 is 0 Å². The zero-order chi connectivity index (χ0) is 20.1. The fourth-order valence-corrected chi connectivity index (χ4v) is 2.87. The number of nitrogens with zero attached hydrogens (tertiary/aromatic N) is 1. The van der Waals surface area contributed by atoms with Gasteiger partial charge in [-0.25, -0.2) is 4.98 Å². The lowest BCUT2D eigenvalue weighted by molar-refractivity contribution is -0.131. The van der Waals surface area contributed by atoms with E-state index in [2.05, 4.69) is 20.6 Å². The molecule has 2 aromatic carbocycles. The van der Waals surface area contributed by atoms with Crippen molar-refractivity contribution in [3.63, 3.8) is 0 Å². The Labute approximate surface area is 164 Å². The van der Waals surface area contributed by atoms with Crippen LogP contribution in [0.5, 0.6) is 0 Å². The molecule has 0 spiro atoms. The number of carbonyl (C=O) groups is 2. The van der Waals surface area contributed by atoms with Gasteiger partial charge in [-0.05, 0) is 24.1 Å². The summed E-state index contributed by atoms with van der Waals surface area (Å²) in [5, 5.41) is 5.69. The van der Waals surface area contributed by atoms with E-state index in [4.69, 9.17) is 0 Å². The number of amides is 2. The van der Waals surface area contributed by atoms with Gasteiger partial charge in [0.25, 0.3) is 0 Å². The standard InChI is InChI=1S/C22H26N4O2/c1-22(2,3)21(28)23-14-19(27)24-18(13-15-9-5-4-6-10-15)20-25-16-11-7-8-12-17(16)26-20/h4-12,18H,13-14H2,1-3H3,(H,23,28)(H,24,27)(H,25,26)/t18-/m0/s1. The molecular weight excluding hydrogens is 352 g/mol. The molecule has 6 nitrogen and oxygen atoms in total. The van der Waals surface area contributed by atoms with Gasteiger partial charge in [0.2, 0.25) is 11.8 Å². The maximum atomic E-state index is 12.5. The average Bonchev–Trinajstić information content (AvgIpc) is 3.10. The summed E-state index contributed by atoms with van der Waals surface area (Å²) in [5.41, 5.74) is 2.33. The summed E-state index contributed by atoms with van der Waals surface area (Å²) >= 11 is 0. The SMILES string of the molecule is CC(C)(C)C(=O)NCC(=O)N[C@@H](Cc1ccccc1)c1nc2ccccc2[nH]1. The molecule has 6 heteroatoms. The van der Waals surface area contributed by atoms with Crippen LogP contribution in [0.25, 0.3) is 11.0 Å². The molecule has 3 aromatic rings. The van der Waals surface area contributed by atoms with E-state index in [-0.39, 0.29) is 24.4 Å². The lowest BCUT2D eigenvalue weighted by Gasteiger charge is -2.20. The Balaban J connectivity index is 1.76. The summed E-state index contributed by atoms with van der Waals surface area (Å²) in [5.74, 6) is 0.283. The summed E-state index contributed by atoms with van der Waals surface area (Å²) in [7, 11) is 0. The van der Waals surface area contributed by atoms with Crippen molar-refractivity contribution in [2.24, 2.45) is 5.41 Å². The molecule has 2 amide bonds. The molecule has 0 aliphatic heterocycles. The number of hydrogen-bond acceptors (Lipinski definition) is 3. The monoisotopic (exact) mass is 378 g/mol. The number of rotatable bonds is 6. The molecule has 0 aliphatic carbocycles. The number of nitrogens with one attached hydrogen (secondary N) is 3. The van der Waals surface area contributed by atoms with Crippen LogP contribution in [0.2, 0.25) is 0 Å². The van der Waals surface area contributed by atoms with E-state index in [1.807, 2.05) is 75.4 Å². The first-order chi connectivity index (χ1) is 13.3.